The van der Waals surface area contributed by atoms with Gasteiger partial charge in [-0.25, -0.2) is 15.0 Å². The highest BCUT2D eigenvalue weighted by atomic mass is 16.5. The first-order valence-electron chi connectivity index (χ1n) is 6.38. The van der Waals surface area contributed by atoms with Gasteiger partial charge in [0.15, 0.2) is 0 Å². The van der Waals surface area contributed by atoms with Crippen LogP contribution in [0.5, 0.6) is 11.6 Å². The second kappa shape index (κ2) is 6.38. The van der Waals surface area contributed by atoms with Crippen LogP contribution in [0, 0.1) is 0 Å². The molecule has 0 aliphatic rings. The van der Waals surface area contributed by atoms with Crippen molar-refractivity contribution in [1.82, 2.24) is 19.9 Å². The third kappa shape index (κ3) is 3.70. The summed E-state index contributed by atoms with van der Waals surface area (Å²) < 4.78 is 5.58. The molecule has 102 valence electrons. The van der Waals surface area contributed by atoms with E-state index in [2.05, 4.69) is 19.9 Å². The molecule has 2 heterocycles. The average Bonchev–Trinajstić information content (AvgIpc) is 2.56. The van der Waals surface area contributed by atoms with E-state index in [0.29, 0.717) is 5.88 Å². The fourth-order valence-corrected chi connectivity index (χ4v) is 1.69. The minimum atomic E-state index is 0.474. The predicted molar refractivity (Wildman–Crippen MR) is 79.5 cm³/mol. The van der Waals surface area contributed by atoms with Crippen LogP contribution in [-0.2, 0) is 0 Å². The lowest BCUT2D eigenvalue weighted by molar-refractivity contribution is 0.460. The maximum atomic E-state index is 5.58. The van der Waals surface area contributed by atoms with Crippen LogP contribution in [0.15, 0.2) is 61.4 Å². The molecule has 21 heavy (non-hydrogen) atoms. The molecule has 0 bridgehead atoms. The lowest BCUT2D eigenvalue weighted by Gasteiger charge is -2.03. The lowest BCUT2D eigenvalue weighted by Crippen LogP contribution is -1.87. The summed E-state index contributed by atoms with van der Waals surface area (Å²) in [6, 6.07) is 9.54. The maximum Gasteiger partial charge on any atom is 0.237 e. The first-order valence-corrected chi connectivity index (χ1v) is 6.38. The summed E-state index contributed by atoms with van der Waals surface area (Å²) in [5, 5.41) is 0. The first kappa shape index (κ1) is 12.9. The number of hydrogen-bond donors (Lipinski definition) is 0. The molecule has 0 N–H and O–H groups in total. The summed E-state index contributed by atoms with van der Waals surface area (Å²) in [6.45, 7) is 0. The summed E-state index contributed by atoms with van der Waals surface area (Å²) in [7, 11) is 0. The number of benzene rings is 1. The number of hydrogen-bond acceptors (Lipinski definition) is 5. The molecule has 3 aromatic rings. The Balaban J connectivity index is 1.68. The van der Waals surface area contributed by atoms with E-state index in [4.69, 9.17) is 4.74 Å². The van der Waals surface area contributed by atoms with Gasteiger partial charge in [-0.15, -0.1) is 0 Å². The van der Waals surface area contributed by atoms with E-state index in [1.54, 1.807) is 24.8 Å². The van der Waals surface area contributed by atoms with E-state index in [0.717, 1.165) is 17.0 Å². The van der Waals surface area contributed by atoms with Crippen LogP contribution in [0.1, 0.15) is 11.3 Å². The van der Waals surface area contributed by atoms with Gasteiger partial charge < -0.3 is 4.74 Å². The summed E-state index contributed by atoms with van der Waals surface area (Å²) in [6.07, 6.45) is 11.9. The Labute approximate surface area is 122 Å². The van der Waals surface area contributed by atoms with Gasteiger partial charge in [0.1, 0.15) is 12.1 Å². The van der Waals surface area contributed by atoms with Crippen molar-refractivity contribution in [3.8, 4) is 11.6 Å². The molecule has 2 aromatic heterocycles. The predicted octanol–water partition coefficient (Wildman–Crippen LogP) is 3.23. The molecule has 0 radical (unpaired) electrons. The van der Waals surface area contributed by atoms with Gasteiger partial charge >= 0.3 is 0 Å². The van der Waals surface area contributed by atoms with Crippen molar-refractivity contribution < 1.29 is 4.74 Å². The van der Waals surface area contributed by atoms with Crippen molar-refractivity contribution in [3.63, 3.8) is 0 Å². The van der Waals surface area contributed by atoms with Crippen LogP contribution in [0.25, 0.3) is 12.2 Å². The monoisotopic (exact) mass is 276 g/mol. The summed E-state index contributed by atoms with van der Waals surface area (Å²) in [4.78, 5) is 16.0. The molecule has 0 saturated carbocycles. The number of rotatable bonds is 4. The summed E-state index contributed by atoms with van der Waals surface area (Å²) in [5.41, 5.74) is 1.92. The van der Waals surface area contributed by atoms with Gasteiger partial charge in [0.05, 0.1) is 11.9 Å². The molecule has 0 atom stereocenters. The topological polar surface area (TPSA) is 60.8 Å². The van der Waals surface area contributed by atoms with Crippen molar-refractivity contribution in [2.24, 2.45) is 0 Å². The molecule has 0 aliphatic carbocycles. The van der Waals surface area contributed by atoms with Crippen LogP contribution in [0.4, 0.5) is 0 Å². The number of aromatic nitrogens is 4. The van der Waals surface area contributed by atoms with E-state index in [-0.39, 0.29) is 0 Å². The van der Waals surface area contributed by atoms with E-state index in [1.807, 2.05) is 42.5 Å². The van der Waals surface area contributed by atoms with Gasteiger partial charge in [-0.1, -0.05) is 18.2 Å². The van der Waals surface area contributed by atoms with Crippen LogP contribution in [0.2, 0.25) is 0 Å². The van der Waals surface area contributed by atoms with Crippen LogP contribution in [-0.4, -0.2) is 19.9 Å². The number of nitrogens with zero attached hydrogens (tertiary/aromatic N) is 4. The Morgan fingerprint density at radius 1 is 0.810 bits per heavy atom. The molecule has 5 nitrogen and oxygen atoms in total. The Morgan fingerprint density at radius 2 is 1.71 bits per heavy atom. The molecule has 0 aliphatic heterocycles. The second-order valence-electron chi connectivity index (χ2n) is 4.18. The third-order valence-electron chi connectivity index (χ3n) is 2.69. The Hall–Kier alpha value is -3.08. The molecule has 0 amide bonds. The standard InChI is InChI=1S/C16H12N4O/c1(4-14-7-8-18-12-20-14)13-2-5-15(6-3-13)21-16-11-17-9-10-19-16/h1-12H. The SMILES string of the molecule is C(=Cc1ccncn1)c1ccc(Oc2cnccn2)cc1. The third-order valence-corrected chi connectivity index (χ3v) is 2.69. The maximum absolute atomic E-state index is 5.58. The molecule has 0 unspecified atom stereocenters. The fraction of sp³-hybridized carbons (Fsp3) is 0. The van der Waals surface area contributed by atoms with Crippen molar-refractivity contribution in [2.75, 3.05) is 0 Å². The zero-order valence-corrected chi connectivity index (χ0v) is 11.1. The Morgan fingerprint density at radius 3 is 2.43 bits per heavy atom. The van der Waals surface area contributed by atoms with E-state index in [9.17, 15) is 0 Å². The zero-order chi connectivity index (χ0) is 14.3. The highest BCUT2D eigenvalue weighted by Crippen LogP contribution is 2.19. The van der Waals surface area contributed by atoms with Gasteiger partial charge in [-0.3, -0.25) is 4.98 Å². The average molecular weight is 276 g/mol. The fourth-order valence-electron chi connectivity index (χ4n) is 1.69. The highest BCUT2D eigenvalue weighted by Gasteiger charge is 1.97. The quantitative estimate of drug-likeness (QED) is 0.732. The normalized spacial score (nSPS) is 10.7. The van der Waals surface area contributed by atoms with Crippen molar-refractivity contribution in [3.05, 3.63) is 72.7 Å². The lowest BCUT2D eigenvalue weighted by atomic mass is 10.2. The Bertz CT molecular complexity index is 712. The highest BCUT2D eigenvalue weighted by molar-refractivity contribution is 5.68. The number of ether oxygens (including phenoxy) is 1. The molecule has 1 aromatic carbocycles. The molecule has 0 fully saturated rings. The summed E-state index contributed by atoms with van der Waals surface area (Å²) in [5.74, 6) is 1.19. The van der Waals surface area contributed by atoms with Crippen molar-refractivity contribution in [2.45, 2.75) is 0 Å². The molecule has 3 rings (SSSR count). The van der Waals surface area contributed by atoms with E-state index >= 15 is 0 Å². The molecular formula is C16H12N4O. The van der Waals surface area contributed by atoms with Crippen LogP contribution >= 0.6 is 0 Å². The first-order chi connectivity index (χ1) is 10.4. The molecule has 5 heteroatoms. The van der Waals surface area contributed by atoms with E-state index < -0.39 is 0 Å². The smallest absolute Gasteiger partial charge is 0.237 e. The molecular weight excluding hydrogens is 264 g/mol. The minimum Gasteiger partial charge on any atom is -0.438 e. The van der Waals surface area contributed by atoms with Crippen molar-refractivity contribution in [1.29, 1.82) is 0 Å². The van der Waals surface area contributed by atoms with Crippen LogP contribution in [0.3, 0.4) is 0 Å². The second-order valence-corrected chi connectivity index (χ2v) is 4.18. The molecule has 0 saturated heterocycles. The summed E-state index contributed by atoms with van der Waals surface area (Å²) >= 11 is 0. The van der Waals surface area contributed by atoms with Gasteiger partial charge in [-0.05, 0) is 29.8 Å². The van der Waals surface area contributed by atoms with Gasteiger partial charge in [0.25, 0.3) is 0 Å². The van der Waals surface area contributed by atoms with Gasteiger partial charge in [0.2, 0.25) is 5.88 Å². The van der Waals surface area contributed by atoms with E-state index in [1.165, 1.54) is 6.33 Å². The van der Waals surface area contributed by atoms with Crippen molar-refractivity contribution >= 4 is 12.2 Å². The molecule has 0 spiro atoms. The van der Waals surface area contributed by atoms with Gasteiger partial charge in [0, 0.05) is 18.6 Å². The van der Waals surface area contributed by atoms with Gasteiger partial charge in [-0.2, -0.15) is 0 Å². The zero-order valence-electron chi connectivity index (χ0n) is 11.1. The Kier molecular flexibility index (Phi) is 3.93. The van der Waals surface area contributed by atoms with Crippen LogP contribution < -0.4 is 4.74 Å². The minimum absolute atomic E-state index is 0.474. The largest absolute Gasteiger partial charge is 0.438 e.